The van der Waals surface area contributed by atoms with E-state index in [-0.39, 0.29) is 23.9 Å². The summed E-state index contributed by atoms with van der Waals surface area (Å²) in [7, 11) is -3.59. The second kappa shape index (κ2) is 14.0. The van der Waals surface area contributed by atoms with Crippen LogP contribution in [0.4, 0.5) is 0 Å². The van der Waals surface area contributed by atoms with Gasteiger partial charge >= 0.3 is 5.91 Å². The lowest BCUT2D eigenvalue weighted by molar-refractivity contribution is -0.921. The van der Waals surface area contributed by atoms with Gasteiger partial charge in [0.1, 0.15) is 4.86 Å². The number of nitrogens with zero attached hydrogens (tertiary/aromatic N) is 2. The zero-order valence-electron chi connectivity index (χ0n) is 18.9. The molecular weight excluding hydrogens is 400 g/mol. The minimum absolute atomic E-state index is 0.140. The Hall–Kier alpha value is -1.16. The van der Waals surface area contributed by atoms with Crippen LogP contribution in [-0.4, -0.2) is 69.3 Å². The van der Waals surface area contributed by atoms with Crippen molar-refractivity contribution < 1.29 is 18.4 Å². The molecule has 0 heterocycles. The topological polar surface area (TPSA) is 114 Å². The van der Waals surface area contributed by atoms with E-state index in [1.54, 1.807) is 12.2 Å². The smallest absolute Gasteiger partial charge is 0.301 e. The lowest BCUT2D eigenvalue weighted by Gasteiger charge is -2.38. The average Bonchev–Trinajstić information content (AvgIpc) is 2.73. The van der Waals surface area contributed by atoms with Gasteiger partial charge in [0, 0.05) is 13.1 Å². The zero-order valence-corrected chi connectivity index (χ0v) is 19.7. The highest BCUT2D eigenvalue weighted by Gasteiger charge is 2.29. The van der Waals surface area contributed by atoms with Crippen molar-refractivity contribution in [1.29, 1.82) is 0 Å². The number of aliphatic imine (C=N–C) groups is 1. The summed E-state index contributed by atoms with van der Waals surface area (Å²) in [6.45, 7) is 10.4. The van der Waals surface area contributed by atoms with E-state index in [1.165, 1.54) is 12.2 Å². The average molecular weight is 441 g/mol. The Labute approximate surface area is 183 Å². The second-order valence-corrected chi connectivity index (χ2v) is 9.68. The number of carbonyl (C=O) groups is 1. The Kier molecular flexibility index (Phi) is 12.5. The van der Waals surface area contributed by atoms with Crippen LogP contribution in [0, 0.1) is 0 Å². The number of allylic oxidation sites excluding steroid dienone is 4. The van der Waals surface area contributed by atoms with E-state index in [4.69, 9.17) is 5.73 Å². The standard InChI is InChI=1S/C22H40N4O3S/c1-4-7-16-26(17-8-5-2,18-9-6-3)19-22(27)25-20-10-12-21(13-11-20)30(28,29)24-15-14-23/h10-13H,4-9,14-19,23H2,1-3H3,(H-2,24,25,27,28,29). The number of hydrogen-bond acceptors (Lipinski definition) is 5. The predicted octanol–water partition coefficient (Wildman–Crippen LogP) is 2.35. The van der Waals surface area contributed by atoms with Crippen LogP contribution < -0.4 is 10.5 Å². The lowest BCUT2D eigenvalue weighted by atomic mass is 10.1. The van der Waals surface area contributed by atoms with E-state index in [0.717, 1.165) is 62.6 Å². The molecule has 0 bridgehead atoms. The molecule has 1 aliphatic rings. The van der Waals surface area contributed by atoms with Gasteiger partial charge < -0.3 is 19.3 Å². The van der Waals surface area contributed by atoms with Gasteiger partial charge in [-0.2, -0.15) is 4.72 Å². The van der Waals surface area contributed by atoms with Crippen molar-refractivity contribution in [3.05, 3.63) is 24.3 Å². The van der Waals surface area contributed by atoms with Gasteiger partial charge in [-0.15, -0.1) is 10.4 Å². The zero-order chi connectivity index (χ0) is 22.5. The molecule has 0 aromatic heterocycles. The maximum Gasteiger partial charge on any atom is 0.301 e. The Morgan fingerprint density at radius 1 is 1.00 bits per heavy atom. The summed E-state index contributed by atoms with van der Waals surface area (Å²) in [4.78, 5) is 17.2. The van der Waals surface area contributed by atoms with Gasteiger partial charge in [0.25, 0.3) is 0 Å². The maximum absolute atomic E-state index is 12.8. The molecule has 0 saturated heterocycles. The maximum atomic E-state index is 12.8. The Morgan fingerprint density at radius 2 is 1.50 bits per heavy atom. The van der Waals surface area contributed by atoms with E-state index in [0.29, 0.717) is 12.3 Å². The van der Waals surface area contributed by atoms with Crippen molar-refractivity contribution in [2.24, 2.45) is 10.7 Å². The first-order valence-corrected chi connectivity index (χ1v) is 12.7. The first-order valence-electron chi connectivity index (χ1n) is 11.2. The van der Waals surface area contributed by atoms with E-state index >= 15 is 0 Å². The van der Waals surface area contributed by atoms with Crippen molar-refractivity contribution in [1.82, 2.24) is 4.72 Å². The summed E-state index contributed by atoms with van der Waals surface area (Å²) in [5.41, 5.74) is 5.84. The van der Waals surface area contributed by atoms with Gasteiger partial charge in [-0.05, 0) is 43.6 Å². The molecule has 1 rings (SSSR count). The van der Waals surface area contributed by atoms with Gasteiger partial charge in [-0.1, -0.05) is 40.0 Å². The summed E-state index contributed by atoms with van der Waals surface area (Å²) in [6.07, 6.45) is 12.7. The second-order valence-electron chi connectivity index (χ2n) is 7.92. The van der Waals surface area contributed by atoms with Crippen LogP contribution in [0.1, 0.15) is 59.3 Å². The number of amides is 1. The molecule has 0 saturated carbocycles. The van der Waals surface area contributed by atoms with Gasteiger partial charge in [0.05, 0.1) is 25.3 Å². The number of rotatable bonds is 14. The molecule has 8 heteroatoms. The molecular formula is C22H40N4O3S. The highest BCUT2D eigenvalue weighted by atomic mass is 32.3. The van der Waals surface area contributed by atoms with E-state index in [2.05, 4.69) is 30.5 Å². The number of nitrogens with two attached hydrogens (primary N) is 1. The minimum Gasteiger partial charge on any atom is -0.634 e. The molecule has 172 valence electrons. The molecule has 30 heavy (non-hydrogen) atoms. The molecule has 1 amide bonds. The predicted molar refractivity (Wildman–Crippen MR) is 126 cm³/mol. The van der Waals surface area contributed by atoms with Gasteiger partial charge in [0.15, 0.2) is 6.54 Å². The molecule has 0 radical (unpaired) electrons. The highest BCUT2D eigenvalue weighted by molar-refractivity contribution is 8.02. The van der Waals surface area contributed by atoms with Crippen LogP contribution in [0.25, 0.3) is 0 Å². The highest BCUT2D eigenvalue weighted by Crippen LogP contribution is 2.15. The Bertz CT molecular complexity index is 640. The van der Waals surface area contributed by atoms with Crippen molar-refractivity contribution >= 4 is 26.8 Å². The van der Waals surface area contributed by atoms with E-state index in [9.17, 15) is 13.9 Å². The van der Waals surface area contributed by atoms with Crippen molar-refractivity contribution in [3.63, 3.8) is 0 Å². The number of carbonyl (C=O) groups excluding carboxylic acids is 1. The molecule has 3 N–H and O–H groups in total. The summed E-state index contributed by atoms with van der Waals surface area (Å²) >= 11 is 0. The third-order valence-electron chi connectivity index (χ3n) is 5.27. The summed E-state index contributed by atoms with van der Waals surface area (Å²) in [6, 6.07) is 0. The minimum atomic E-state index is -3.59. The molecule has 0 aromatic carbocycles. The molecule has 0 fully saturated rings. The Balaban J connectivity index is 2.94. The number of quaternary nitrogens is 1. The third kappa shape index (κ3) is 9.32. The van der Waals surface area contributed by atoms with Crippen molar-refractivity contribution in [3.8, 4) is 0 Å². The van der Waals surface area contributed by atoms with Crippen LogP contribution in [0.2, 0.25) is 0 Å². The molecule has 0 aromatic rings. The van der Waals surface area contributed by atoms with Gasteiger partial charge in [-0.25, -0.2) is 4.99 Å². The summed E-state index contributed by atoms with van der Waals surface area (Å²) < 4.78 is 27.5. The van der Waals surface area contributed by atoms with Crippen LogP contribution in [0.15, 0.2) is 29.3 Å². The number of hydrogen-bond donors (Lipinski definition) is 2. The third-order valence-corrected chi connectivity index (χ3v) is 6.74. The first-order chi connectivity index (χ1) is 14.3. The lowest BCUT2D eigenvalue weighted by Crippen LogP contribution is -2.53. The SMILES string of the molecule is CCCC[N+](CCCC)(CCCC)CC(=O)N=C1C=CC(=[S+]([O-])([O-])NCCN)C=C1. The molecule has 0 aliphatic heterocycles. The molecule has 7 nitrogen and oxygen atoms in total. The van der Waals surface area contributed by atoms with Crippen LogP contribution in [-0.2, 0) is 15.2 Å². The number of unbranched alkanes of at least 4 members (excludes halogenated alkanes) is 3. The van der Waals surface area contributed by atoms with Gasteiger partial charge in [-0.3, -0.25) is 4.79 Å². The molecule has 0 atom stereocenters. The van der Waals surface area contributed by atoms with Crippen molar-refractivity contribution in [2.75, 3.05) is 39.3 Å². The van der Waals surface area contributed by atoms with Crippen LogP contribution >= 0.6 is 0 Å². The Morgan fingerprint density at radius 3 is 1.93 bits per heavy atom. The van der Waals surface area contributed by atoms with E-state index < -0.39 is 10.4 Å². The van der Waals surface area contributed by atoms with Crippen LogP contribution in [0.5, 0.6) is 0 Å². The summed E-state index contributed by atoms with van der Waals surface area (Å²) in [5.74, 6) is -0.143. The number of nitrogens with one attached hydrogen (secondary N) is 1. The quantitative estimate of drug-likeness (QED) is 0.244. The largest absolute Gasteiger partial charge is 0.634 e. The van der Waals surface area contributed by atoms with E-state index in [1.807, 2.05) is 0 Å². The molecule has 0 spiro atoms. The molecule has 0 unspecified atom stereocenters. The van der Waals surface area contributed by atoms with Crippen molar-refractivity contribution in [2.45, 2.75) is 59.3 Å². The summed E-state index contributed by atoms with van der Waals surface area (Å²) in [5, 5.41) is 0. The normalized spacial score (nSPS) is 14.5. The molecule has 1 aliphatic carbocycles. The first kappa shape index (κ1) is 26.9. The fraction of sp³-hybridized carbons (Fsp3) is 0.682. The fourth-order valence-electron chi connectivity index (χ4n) is 3.50. The monoisotopic (exact) mass is 440 g/mol. The van der Waals surface area contributed by atoms with Crippen LogP contribution in [0.3, 0.4) is 0 Å². The fourth-order valence-corrected chi connectivity index (χ4v) is 4.54. The van der Waals surface area contributed by atoms with Gasteiger partial charge in [0.2, 0.25) is 0 Å².